The van der Waals surface area contributed by atoms with Crippen molar-refractivity contribution in [1.82, 2.24) is 5.43 Å². The molecule has 0 aliphatic heterocycles. The van der Waals surface area contributed by atoms with Crippen LogP contribution in [0.15, 0.2) is 58.1 Å². The first-order valence-corrected chi connectivity index (χ1v) is 9.36. The van der Waals surface area contributed by atoms with Gasteiger partial charge in [0.15, 0.2) is 0 Å². The second-order valence-electron chi connectivity index (χ2n) is 6.06. The number of nitrogens with zero attached hydrogens (tertiary/aromatic N) is 1. The number of carbonyl (C=O) groups excluding carboxylic acids is 2. The number of amides is 2. The van der Waals surface area contributed by atoms with Crippen LogP contribution >= 0.6 is 15.9 Å². The minimum absolute atomic E-state index is 0.0564. The Morgan fingerprint density at radius 3 is 2.48 bits per heavy atom. The van der Waals surface area contributed by atoms with E-state index in [1.807, 2.05) is 50.2 Å². The van der Waals surface area contributed by atoms with Crippen molar-refractivity contribution in [3.8, 4) is 5.75 Å². The van der Waals surface area contributed by atoms with Crippen molar-refractivity contribution in [3.05, 3.63) is 58.6 Å². The Balaban J connectivity index is 1.76. The molecule has 2 rings (SSSR count). The van der Waals surface area contributed by atoms with Crippen LogP contribution in [0, 0.1) is 0 Å². The van der Waals surface area contributed by atoms with E-state index >= 15 is 0 Å². The number of para-hydroxylation sites is 1. The first-order valence-electron chi connectivity index (χ1n) is 8.57. The standard InChI is InChI=1S/C20H22BrN3O3/c1-14(2)27-18-9-8-15(12-17(18)21)13-22-24-20(26)11-10-19(25)23-16-6-4-3-5-7-16/h3-9,12-14H,10-11H2,1-2H3,(H,23,25)(H,24,26). The van der Waals surface area contributed by atoms with Gasteiger partial charge in [-0.05, 0) is 65.7 Å². The minimum atomic E-state index is -0.326. The molecule has 0 aliphatic carbocycles. The van der Waals surface area contributed by atoms with Crippen LogP contribution in [0.25, 0.3) is 0 Å². The Labute approximate surface area is 167 Å². The van der Waals surface area contributed by atoms with Gasteiger partial charge in [-0.1, -0.05) is 18.2 Å². The lowest BCUT2D eigenvalue weighted by molar-refractivity contribution is -0.124. The highest BCUT2D eigenvalue weighted by Gasteiger charge is 2.07. The molecule has 0 spiro atoms. The molecular weight excluding hydrogens is 410 g/mol. The molecule has 7 heteroatoms. The number of ether oxygens (including phenoxy) is 1. The molecule has 0 saturated carbocycles. The van der Waals surface area contributed by atoms with Gasteiger partial charge in [-0.25, -0.2) is 5.43 Å². The van der Waals surface area contributed by atoms with Gasteiger partial charge in [0.2, 0.25) is 11.8 Å². The number of nitrogens with one attached hydrogen (secondary N) is 2. The summed E-state index contributed by atoms with van der Waals surface area (Å²) in [6, 6.07) is 14.6. The van der Waals surface area contributed by atoms with Crippen LogP contribution in [-0.4, -0.2) is 24.1 Å². The Morgan fingerprint density at radius 1 is 1.11 bits per heavy atom. The van der Waals surface area contributed by atoms with E-state index in [-0.39, 0.29) is 30.8 Å². The van der Waals surface area contributed by atoms with E-state index in [0.717, 1.165) is 15.8 Å². The van der Waals surface area contributed by atoms with Gasteiger partial charge in [0.1, 0.15) is 5.75 Å². The van der Waals surface area contributed by atoms with Gasteiger partial charge in [0, 0.05) is 18.5 Å². The highest BCUT2D eigenvalue weighted by molar-refractivity contribution is 9.10. The van der Waals surface area contributed by atoms with E-state index in [0.29, 0.717) is 5.69 Å². The molecule has 142 valence electrons. The molecule has 0 fully saturated rings. The third-order valence-corrected chi connectivity index (χ3v) is 3.98. The number of hydrazone groups is 1. The number of anilines is 1. The van der Waals surface area contributed by atoms with Crippen molar-refractivity contribution in [1.29, 1.82) is 0 Å². The molecule has 0 atom stereocenters. The second-order valence-corrected chi connectivity index (χ2v) is 6.92. The quantitative estimate of drug-likeness (QED) is 0.487. The minimum Gasteiger partial charge on any atom is -0.490 e. The van der Waals surface area contributed by atoms with Gasteiger partial charge in [-0.3, -0.25) is 9.59 Å². The predicted molar refractivity (Wildman–Crippen MR) is 110 cm³/mol. The zero-order valence-electron chi connectivity index (χ0n) is 15.2. The van der Waals surface area contributed by atoms with Crippen LogP contribution in [-0.2, 0) is 9.59 Å². The van der Waals surface area contributed by atoms with E-state index in [1.54, 1.807) is 12.1 Å². The molecule has 0 heterocycles. The average molecular weight is 432 g/mol. The SMILES string of the molecule is CC(C)Oc1ccc(C=NNC(=O)CCC(=O)Nc2ccccc2)cc1Br. The maximum Gasteiger partial charge on any atom is 0.240 e. The predicted octanol–water partition coefficient (Wildman–Crippen LogP) is 4.11. The third kappa shape index (κ3) is 7.62. The number of hydrogen-bond acceptors (Lipinski definition) is 4. The molecule has 0 unspecified atom stereocenters. The molecule has 0 bridgehead atoms. The van der Waals surface area contributed by atoms with E-state index < -0.39 is 0 Å². The van der Waals surface area contributed by atoms with Gasteiger partial charge >= 0.3 is 0 Å². The number of halogens is 1. The van der Waals surface area contributed by atoms with E-state index in [9.17, 15) is 9.59 Å². The van der Waals surface area contributed by atoms with Gasteiger partial charge in [-0.2, -0.15) is 5.10 Å². The van der Waals surface area contributed by atoms with Crippen LogP contribution in [0.4, 0.5) is 5.69 Å². The lowest BCUT2D eigenvalue weighted by Crippen LogP contribution is -2.20. The molecule has 0 aromatic heterocycles. The van der Waals surface area contributed by atoms with Gasteiger partial charge in [0.25, 0.3) is 0 Å². The smallest absolute Gasteiger partial charge is 0.240 e. The van der Waals surface area contributed by atoms with Gasteiger partial charge < -0.3 is 10.1 Å². The fourth-order valence-corrected chi connectivity index (χ4v) is 2.64. The lowest BCUT2D eigenvalue weighted by Gasteiger charge is -2.11. The summed E-state index contributed by atoms with van der Waals surface area (Å²) in [5.74, 6) is 0.203. The highest BCUT2D eigenvalue weighted by Crippen LogP contribution is 2.26. The topological polar surface area (TPSA) is 79.8 Å². The second kappa shape index (κ2) is 10.5. The Hall–Kier alpha value is -2.67. The summed E-state index contributed by atoms with van der Waals surface area (Å²) < 4.78 is 6.45. The molecule has 2 aromatic carbocycles. The van der Waals surface area contributed by atoms with Crippen molar-refractivity contribution in [2.24, 2.45) is 5.10 Å². The number of rotatable bonds is 8. The molecule has 0 aliphatic rings. The molecule has 0 radical (unpaired) electrons. The Bertz CT molecular complexity index is 807. The lowest BCUT2D eigenvalue weighted by atomic mass is 10.2. The largest absolute Gasteiger partial charge is 0.490 e. The number of benzene rings is 2. The van der Waals surface area contributed by atoms with Crippen LogP contribution < -0.4 is 15.5 Å². The molecule has 27 heavy (non-hydrogen) atoms. The average Bonchev–Trinajstić information content (AvgIpc) is 2.63. The van der Waals surface area contributed by atoms with Crippen LogP contribution in [0.1, 0.15) is 32.3 Å². The van der Waals surface area contributed by atoms with Crippen molar-refractivity contribution >= 4 is 39.6 Å². The molecule has 2 N–H and O–H groups in total. The fourth-order valence-electron chi connectivity index (χ4n) is 2.15. The maximum absolute atomic E-state index is 11.8. The van der Waals surface area contributed by atoms with Crippen molar-refractivity contribution < 1.29 is 14.3 Å². The Morgan fingerprint density at radius 2 is 1.81 bits per heavy atom. The zero-order chi connectivity index (χ0) is 19.6. The van der Waals surface area contributed by atoms with E-state index in [4.69, 9.17) is 4.74 Å². The molecule has 0 saturated heterocycles. The summed E-state index contributed by atoms with van der Waals surface area (Å²) in [6.45, 7) is 3.91. The van der Waals surface area contributed by atoms with Crippen LogP contribution in [0.2, 0.25) is 0 Å². The summed E-state index contributed by atoms with van der Waals surface area (Å²) in [4.78, 5) is 23.6. The van der Waals surface area contributed by atoms with Crippen molar-refractivity contribution in [2.45, 2.75) is 32.8 Å². The number of carbonyl (C=O) groups is 2. The van der Waals surface area contributed by atoms with Gasteiger partial charge in [-0.15, -0.1) is 0 Å². The maximum atomic E-state index is 11.8. The highest BCUT2D eigenvalue weighted by atomic mass is 79.9. The van der Waals surface area contributed by atoms with E-state index in [2.05, 4.69) is 31.8 Å². The molecule has 2 amide bonds. The van der Waals surface area contributed by atoms with Gasteiger partial charge in [0.05, 0.1) is 16.8 Å². The van der Waals surface area contributed by atoms with E-state index in [1.165, 1.54) is 6.21 Å². The molecule has 2 aromatic rings. The van der Waals surface area contributed by atoms with Crippen molar-refractivity contribution in [3.63, 3.8) is 0 Å². The van der Waals surface area contributed by atoms with Crippen LogP contribution in [0.5, 0.6) is 5.75 Å². The molecular formula is C20H22BrN3O3. The molecule has 6 nitrogen and oxygen atoms in total. The monoisotopic (exact) mass is 431 g/mol. The fraction of sp³-hybridized carbons (Fsp3) is 0.250. The van der Waals surface area contributed by atoms with Crippen LogP contribution in [0.3, 0.4) is 0 Å². The normalized spacial score (nSPS) is 10.8. The first kappa shape index (κ1) is 20.6. The van der Waals surface area contributed by atoms with Crippen molar-refractivity contribution in [2.75, 3.05) is 5.32 Å². The Kier molecular flexibility index (Phi) is 8.00. The first-order chi connectivity index (χ1) is 12.9. The summed E-state index contributed by atoms with van der Waals surface area (Å²) in [6.07, 6.45) is 1.76. The summed E-state index contributed by atoms with van der Waals surface area (Å²) >= 11 is 3.45. The zero-order valence-corrected chi connectivity index (χ0v) is 16.8. The summed E-state index contributed by atoms with van der Waals surface area (Å²) in [7, 11) is 0. The summed E-state index contributed by atoms with van der Waals surface area (Å²) in [5.41, 5.74) is 3.93. The summed E-state index contributed by atoms with van der Waals surface area (Å²) in [5, 5.41) is 6.65. The third-order valence-electron chi connectivity index (χ3n) is 3.36. The number of hydrogen-bond donors (Lipinski definition) is 2.